The lowest BCUT2D eigenvalue weighted by Crippen LogP contribution is -2.22. The monoisotopic (exact) mass is 643 g/mol. The molecule has 0 aromatic carbocycles. The van der Waals surface area contributed by atoms with Crippen molar-refractivity contribution in [3.05, 3.63) is 23.0 Å². The highest BCUT2D eigenvalue weighted by Crippen LogP contribution is 2.23. The molecule has 0 bridgehead atoms. The summed E-state index contributed by atoms with van der Waals surface area (Å²) in [5.41, 5.74) is 0. The van der Waals surface area contributed by atoms with Crippen molar-refractivity contribution in [1.29, 1.82) is 0 Å². The van der Waals surface area contributed by atoms with Crippen LogP contribution in [-0.4, -0.2) is 52.2 Å². The van der Waals surface area contributed by atoms with E-state index in [0.717, 1.165) is 48.7 Å². The molecule has 0 aromatic heterocycles. The van der Waals surface area contributed by atoms with Crippen molar-refractivity contribution in [2.45, 2.75) is 183 Å². The highest BCUT2D eigenvalue weighted by Gasteiger charge is 2.20. The Kier molecular flexibility index (Phi) is 31.5. The molecule has 0 radical (unpaired) electrons. The van der Waals surface area contributed by atoms with Crippen LogP contribution in [-0.2, 0) is 33.2 Å². The summed E-state index contributed by atoms with van der Waals surface area (Å²) >= 11 is 0. The number of rotatable bonds is 34. The first-order valence-corrected chi connectivity index (χ1v) is 18.8. The van der Waals surface area contributed by atoms with E-state index in [4.69, 9.17) is 33.2 Å². The molecule has 7 nitrogen and oxygen atoms in total. The third kappa shape index (κ3) is 23.5. The molecule has 45 heavy (non-hydrogen) atoms. The van der Waals surface area contributed by atoms with E-state index in [1.54, 1.807) is 0 Å². The minimum Gasteiger partial charge on any atom is -0.495 e. The Bertz CT molecular complexity index is 648. The predicted octanol–water partition coefficient (Wildman–Crippen LogP) is 11.4. The summed E-state index contributed by atoms with van der Waals surface area (Å²) in [7, 11) is 0. The van der Waals surface area contributed by atoms with Crippen LogP contribution in [0, 0.1) is 0 Å². The van der Waals surface area contributed by atoms with E-state index in [0.29, 0.717) is 26.4 Å². The Balaban J connectivity index is 4.84. The molecule has 0 fully saturated rings. The van der Waals surface area contributed by atoms with E-state index < -0.39 is 0 Å². The van der Waals surface area contributed by atoms with Gasteiger partial charge >= 0.3 is 0 Å². The molecule has 0 N–H and O–H groups in total. The Morgan fingerprint density at radius 3 is 1.02 bits per heavy atom. The molecule has 0 rings (SSSR count). The summed E-state index contributed by atoms with van der Waals surface area (Å²) < 4.78 is 41.9. The van der Waals surface area contributed by atoms with Gasteiger partial charge in [-0.3, -0.25) is 0 Å². The van der Waals surface area contributed by atoms with Gasteiger partial charge in [0.2, 0.25) is 0 Å². The molecule has 0 aromatic rings. The van der Waals surface area contributed by atoms with E-state index in [9.17, 15) is 0 Å². The van der Waals surface area contributed by atoms with Crippen molar-refractivity contribution in [3.8, 4) is 0 Å². The van der Waals surface area contributed by atoms with E-state index >= 15 is 0 Å². The minimum absolute atomic E-state index is 0.0892. The molecule has 2 atom stereocenters. The Morgan fingerprint density at radius 2 is 0.711 bits per heavy atom. The van der Waals surface area contributed by atoms with Gasteiger partial charge in [0.15, 0.2) is 25.1 Å². The largest absolute Gasteiger partial charge is 0.495 e. The van der Waals surface area contributed by atoms with Crippen LogP contribution in [0.1, 0.15) is 171 Å². The first-order valence-electron chi connectivity index (χ1n) is 18.8. The number of hydrogen-bond donors (Lipinski definition) is 0. The van der Waals surface area contributed by atoms with Crippen LogP contribution in [0.15, 0.2) is 23.0 Å². The van der Waals surface area contributed by atoms with Crippen LogP contribution in [0.25, 0.3) is 0 Å². The van der Waals surface area contributed by atoms with E-state index in [-0.39, 0.29) is 25.8 Å². The van der Waals surface area contributed by atoms with Gasteiger partial charge < -0.3 is 33.2 Å². The summed E-state index contributed by atoms with van der Waals surface area (Å²) in [6.07, 6.45) is 21.6. The molecular weight excluding hydrogens is 568 g/mol. The van der Waals surface area contributed by atoms with E-state index in [2.05, 4.69) is 13.8 Å². The first kappa shape index (κ1) is 43.6. The SMILES string of the molecule is CCCCCCCCCCC(OCC)=C(OCC)C(C)OCOCOC(C)C(OCC)=C(CCCCCCCCCC)OCC. The molecule has 2 unspecified atom stereocenters. The average molecular weight is 643 g/mol. The van der Waals surface area contributed by atoms with Crippen molar-refractivity contribution in [2.75, 3.05) is 40.0 Å². The molecule has 0 heterocycles. The third-order valence-electron chi connectivity index (χ3n) is 7.84. The fourth-order valence-corrected chi connectivity index (χ4v) is 5.37. The number of allylic oxidation sites excluding steroid dienone is 2. The lowest BCUT2D eigenvalue weighted by Gasteiger charge is -2.23. The quantitative estimate of drug-likeness (QED) is 0.0393. The third-order valence-corrected chi connectivity index (χ3v) is 7.84. The van der Waals surface area contributed by atoms with Crippen LogP contribution in [0.2, 0.25) is 0 Å². The Labute approximate surface area is 279 Å². The topological polar surface area (TPSA) is 64.6 Å². The van der Waals surface area contributed by atoms with Crippen molar-refractivity contribution < 1.29 is 33.2 Å². The van der Waals surface area contributed by atoms with Gasteiger partial charge in [-0.2, -0.15) is 0 Å². The molecular formula is C38H74O7. The lowest BCUT2D eigenvalue weighted by molar-refractivity contribution is -0.160. The molecule has 0 aliphatic carbocycles. The maximum Gasteiger partial charge on any atom is 0.162 e. The van der Waals surface area contributed by atoms with Crippen LogP contribution in [0.4, 0.5) is 0 Å². The molecule has 0 spiro atoms. The van der Waals surface area contributed by atoms with Crippen molar-refractivity contribution in [1.82, 2.24) is 0 Å². The zero-order chi connectivity index (χ0) is 33.4. The Morgan fingerprint density at radius 1 is 0.400 bits per heavy atom. The second-order valence-electron chi connectivity index (χ2n) is 11.8. The molecule has 0 saturated heterocycles. The highest BCUT2D eigenvalue weighted by atomic mass is 16.7. The van der Waals surface area contributed by atoms with Gasteiger partial charge in [0, 0.05) is 12.8 Å². The van der Waals surface area contributed by atoms with E-state index in [1.807, 2.05) is 41.5 Å². The van der Waals surface area contributed by atoms with Gasteiger partial charge in [-0.15, -0.1) is 0 Å². The summed E-state index contributed by atoms with van der Waals surface area (Å²) in [5.74, 6) is 3.33. The fourth-order valence-electron chi connectivity index (χ4n) is 5.37. The second-order valence-corrected chi connectivity index (χ2v) is 11.8. The summed E-state index contributed by atoms with van der Waals surface area (Å²) in [6, 6.07) is 0. The van der Waals surface area contributed by atoms with Crippen molar-refractivity contribution >= 4 is 0 Å². The zero-order valence-electron chi connectivity index (χ0n) is 31.0. The summed E-state index contributed by atoms with van der Waals surface area (Å²) in [5, 5.41) is 0. The molecule has 7 heteroatoms. The molecule has 0 aliphatic rings. The van der Waals surface area contributed by atoms with Gasteiger partial charge in [0.25, 0.3) is 0 Å². The lowest BCUT2D eigenvalue weighted by atomic mass is 10.1. The first-order chi connectivity index (χ1) is 22.0. The van der Waals surface area contributed by atoms with Gasteiger partial charge in [0.1, 0.15) is 23.7 Å². The predicted molar refractivity (Wildman–Crippen MR) is 187 cm³/mol. The minimum atomic E-state index is -0.284. The van der Waals surface area contributed by atoms with E-state index in [1.165, 1.54) is 89.9 Å². The van der Waals surface area contributed by atoms with Crippen LogP contribution in [0.3, 0.4) is 0 Å². The van der Waals surface area contributed by atoms with Gasteiger partial charge in [0.05, 0.1) is 26.4 Å². The molecule has 268 valence electrons. The van der Waals surface area contributed by atoms with Gasteiger partial charge in [-0.25, -0.2) is 0 Å². The van der Waals surface area contributed by atoms with Crippen LogP contribution in [0.5, 0.6) is 0 Å². The Hall–Kier alpha value is -1.44. The number of hydrogen-bond acceptors (Lipinski definition) is 7. The average Bonchev–Trinajstić information content (AvgIpc) is 3.03. The maximum atomic E-state index is 6.03. The van der Waals surface area contributed by atoms with Crippen molar-refractivity contribution in [3.63, 3.8) is 0 Å². The fraction of sp³-hybridized carbons (Fsp3) is 0.895. The van der Waals surface area contributed by atoms with Crippen LogP contribution < -0.4 is 0 Å². The highest BCUT2D eigenvalue weighted by molar-refractivity contribution is 5.07. The van der Waals surface area contributed by atoms with Crippen molar-refractivity contribution in [2.24, 2.45) is 0 Å². The maximum absolute atomic E-state index is 6.03. The number of unbranched alkanes of at least 4 members (excludes halogenated alkanes) is 14. The zero-order valence-corrected chi connectivity index (χ0v) is 31.0. The smallest absolute Gasteiger partial charge is 0.162 e. The molecule has 0 aliphatic heterocycles. The summed E-state index contributed by atoms with van der Waals surface area (Å²) in [6.45, 7) is 19.0. The molecule has 0 saturated carbocycles. The normalized spacial score (nSPS) is 14.0. The van der Waals surface area contributed by atoms with Gasteiger partial charge in [-0.05, 0) is 54.4 Å². The van der Waals surface area contributed by atoms with Crippen LogP contribution >= 0.6 is 0 Å². The van der Waals surface area contributed by atoms with Gasteiger partial charge in [-0.1, -0.05) is 104 Å². The summed E-state index contributed by atoms with van der Waals surface area (Å²) in [4.78, 5) is 0. The molecule has 0 amide bonds. The number of ether oxygens (including phenoxy) is 7. The second kappa shape index (κ2) is 32.5. The standard InChI is InChI=1S/C38H74O7/c1-9-15-17-19-21-23-25-27-29-35(40-11-3)37(42-13-5)33(7)44-31-39-32-45-34(8)38(43-14-6)36(41-12-4)30-28-26-24-22-20-18-16-10-2/h33-34H,9-32H2,1-8H3.